The van der Waals surface area contributed by atoms with E-state index >= 15 is 0 Å². The van der Waals surface area contributed by atoms with Gasteiger partial charge in [-0.3, -0.25) is 0 Å². The first-order valence-corrected chi connectivity index (χ1v) is 27.3. The van der Waals surface area contributed by atoms with E-state index in [1.54, 1.807) is 0 Å². The SMILES string of the molecule is Cc1cccc2c1oc1c(N(c3ccccc3)c3ccc4c5c(ccc4c3)-c3c(c4ccc(N(c6ccccc6)c6cccc7c6oc6c(C)cccc67)cc4c4ccccc34)C53c4ccccc4-c4ccccc43)cccc12. The Bertz CT molecular complexity index is 5020. The van der Waals surface area contributed by atoms with Crippen LogP contribution < -0.4 is 9.80 Å². The van der Waals surface area contributed by atoms with Gasteiger partial charge in [-0.05, 0) is 162 Å². The molecular formula is C75H48N2O2. The molecule has 13 aromatic carbocycles. The van der Waals surface area contributed by atoms with Gasteiger partial charge in [0, 0.05) is 44.3 Å². The van der Waals surface area contributed by atoms with Gasteiger partial charge in [0.05, 0.1) is 16.8 Å². The van der Waals surface area contributed by atoms with E-state index in [1.807, 2.05) is 0 Å². The summed E-state index contributed by atoms with van der Waals surface area (Å²) >= 11 is 0. The molecule has 2 heterocycles. The highest BCUT2D eigenvalue weighted by Crippen LogP contribution is 2.67. The van der Waals surface area contributed by atoms with Crippen molar-refractivity contribution in [3.63, 3.8) is 0 Å². The van der Waals surface area contributed by atoms with Gasteiger partial charge in [-0.15, -0.1) is 0 Å². The summed E-state index contributed by atoms with van der Waals surface area (Å²) in [6.45, 7) is 4.26. The Balaban J connectivity index is 0.937. The van der Waals surface area contributed by atoms with Gasteiger partial charge in [-0.1, -0.05) is 194 Å². The minimum atomic E-state index is -0.656. The molecule has 17 rings (SSSR count). The van der Waals surface area contributed by atoms with Crippen LogP contribution in [0.5, 0.6) is 0 Å². The van der Waals surface area contributed by atoms with E-state index < -0.39 is 5.41 Å². The highest BCUT2D eigenvalue weighted by atomic mass is 16.3. The molecule has 0 N–H and O–H groups in total. The molecule has 4 heteroatoms. The summed E-state index contributed by atoms with van der Waals surface area (Å²) in [6.07, 6.45) is 0. The first kappa shape index (κ1) is 44.0. The highest BCUT2D eigenvalue weighted by molar-refractivity contribution is 6.23. The molecule has 0 saturated carbocycles. The third kappa shape index (κ3) is 5.98. The number of aryl methyl sites for hydroxylation is 2. The Morgan fingerprint density at radius 1 is 0.291 bits per heavy atom. The summed E-state index contributed by atoms with van der Waals surface area (Å²) in [6, 6.07) is 93.9. The average molecular weight is 1010 g/mol. The molecule has 2 aliphatic carbocycles. The van der Waals surface area contributed by atoms with E-state index in [2.05, 4.69) is 278 Å². The monoisotopic (exact) mass is 1010 g/mol. The second kappa shape index (κ2) is 16.4. The van der Waals surface area contributed by atoms with E-state index in [-0.39, 0.29) is 0 Å². The zero-order valence-corrected chi connectivity index (χ0v) is 43.5. The van der Waals surface area contributed by atoms with Crippen molar-refractivity contribution in [2.45, 2.75) is 19.3 Å². The van der Waals surface area contributed by atoms with Crippen molar-refractivity contribution in [2.24, 2.45) is 0 Å². The maximum atomic E-state index is 6.91. The standard InChI is InChI=1S/C75H48N2O2/c1-45-19-15-29-58-60-31-17-35-66(73(60)78-71(45)58)76(48-21-5-3-6-22-48)50-38-41-52-47(43-50)37-40-62-68-56-28-10-9-25-53(56)63-44-51(39-42-57(63)70(68)75(69(52)62)64-33-13-11-26-54(64)55-27-12-14-34-65(55)75)77(49-23-7-4-8-24-49)67-36-18-32-61-59-30-16-20-46(2)72(59)79-74(61)67/h3-44H,1-2H3. The van der Waals surface area contributed by atoms with Crippen LogP contribution in [-0.2, 0) is 5.41 Å². The van der Waals surface area contributed by atoms with Crippen molar-refractivity contribution < 1.29 is 8.83 Å². The van der Waals surface area contributed by atoms with E-state index in [9.17, 15) is 0 Å². The molecule has 2 aliphatic rings. The Labute approximate surface area is 456 Å². The Kier molecular flexibility index (Phi) is 9.15. The van der Waals surface area contributed by atoms with Crippen LogP contribution in [0.25, 0.3) is 98.4 Å². The highest BCUT2D eigenvalue weighted by Gasteiger charge is 2.54. The minimum absolute atomic E-state index is 0.656. The smallest absolute Gasteiger partial charge is 0.159 e. The van der Waals surface area contributed by atoms with Crippen molar-refractivity contribution >= 4 is 110 Å². The molecule has 15 aromatic rings. The van der Waals surface area contributed by atoms with Crippen LogP contribution in [0.3, 0.4) is 0 Å². The van der Waals surface area contributed by atoms with Gasteiger partial charge in [-0.2, -0.15) is 0 Å². The predicted molar refractivity (Wildman–Crippen MR) is 329 cm³/mol. The molecule has 0 unspecified atom stereocenters. The molecule has 4 nitrogen and oxygen atoms in total. The van der Waals surface area contributed by atoms with E-state index in [1.165, 1.54) is 76.8 Å². The first-order valence-electron chi connectivity index (χ1n) is 27.3. The Morgan fingerprint density at radius 2 is 0.759 bits per heavy atom. The largest absolute Gasteiger partial charge is 0.454 e. The lowest BCUT2D eigenvalue weighted by atomic mass is 9.68. The number of para-hydroxylation sites is 6. The summed E-state index contributed by atoms with van der Waals surface area (Å²) < 4.78 is 13.8. The second-order valence-electron chi connectivity index (χ2n) is 21.5. The average Bonchev–Trinajstić information content (AvgIpc) is 4.05. The van der Waals surface area contributed by atoms with Crippen LogP contribution in [0.4, 0.5) is 34.1 Å². The lowest BCUT2D eigenvalue weighted by Crippen LogP contribution is -2.26. The number of rotatable bonds is 6. The van der Waals surface area contributed by atoms with Crippen LogP contribution in [0.1, 0.15) is 33.4 Å². The van der Waals surface area contributed by atoms with Crippen molar-refractivity contribution in [1.82, 2.24) is 0 Å². The summed E-state index contributed by atoms with van der Waals surface area (Å²) in [5, 5.41) is 11.8. The Morgan fingerprint density at radius 3 is 1.34 bits per heavy atom. The molecule has 0 fully saturated rings. The van der Waals surface area contributed by atoms with Crippen LogP contribution in [0, 0.1) is 13.8 Å². The van der Waals surface area contributed by atoms with Crippen LogP contribution in [0.2, 0.25) is 0 Å². The topological polar surface area (TPSA) is 32.8 Å². The summed E-state index contributed by atoms with van der Waals surface area (Å²) in [7, 11) is 0. The molecule has 0 atom stereocenters. The second-order valence-corrected chi connectivity index (χ2v) is 21.5. The van der Waals surface area contributed by atoms with Crippen molar-refractivity contribution in [1.29, 1.82) is 0 Å². The lowest BCUT2D eigenvalue weighted by molar-refractivity contribution is 0.665. The number of hydrogen-bond acceptors (Lipinski definition) is 4. The van der Waals surface area contributed by atoms with Crippen molar-refractivity contribution in [2.75, 3.05) is 9.80 Å². The summed E-state index contributed by atoms with van der Waals surface area (Å²) in [5.41, 5.74) is 21.8. The number of fused-ring (bicyclic) bond motifs is 23. The van der Waals surface area contributed by atoms with E-state index in [0.29, 0.717) is 0 Å². The quantitative estimate of drug-likeness (QED) is 0.155. The van der Waals surface area contributed by atoms with Crippen molar-refractivity contribution in [3.8, 4) is 22.3 Å². The molecular weight excluding hydrogens is 961 g/mol. The molecule has 370 valence electrons. The number of anilines is 6. The zero-order valence-electron chi connectivity index (χ0n) is 43.5. The Hall–Kier alpha value is -10.2. The lowest BCUT2D eigenvalue weighted by Gasteiger charge is -2.33. The maximum absolute atomic E-state index is 6.91. The van der Waals surface area contributed by atoms with Crippen LogP contribution in [-0.4, -0.2) is 0 Å². The molecule has 0 saturated heterocycles. The molecule has 0 aliphatic heterocycles. The number of hydrogen-bond donors (Lipinski definition) is 0. The van der Waals surface area contributed by atoms with Gasteiger partial charge >= 0.3 is 0 Å². The fourth-order valence-corrected chi connectivity index (χ4v) is 14.2. The number of benzene rings is 13. The predicted octanol–water partition coefficient (Wildman–Crippen LogP) is 20.8. The van der Waals surface area contributed by atoms with E-state index in [4.69, 9.17) is 8.83 Å². The fraction of sp³-hybridized carbons (Fsp3) is 0.0400. The van der Waals surface area contributed by atoms with Gasteiger partial charge in [0.15, 0.2) is 11.2 Å². The maximum Gasteiger partial charge on any atom is 0.159 e. The van der Waals surface area contributed by atoms with E-state index in [0.717, 1.165) is 89.1 Å². The summed E-state index contributed by atoms with van der Waals surface area (Å²) in [4.78, 5) is 4.75. The van der Waals surface area contributed by atoms with Gasteiger partial charge < -0.3 is 18.6 Å². The van der Waals surface area contributed by atoms with Crippen molar-refractivity contribution in [3.05, 3.63) is 288 Å². The fourth-order valence-electron chi connectivity index (χ4n) is 14.2. The minimum Gasteiger partial charge on any atom is -0.454 e. The van der Waals surface area contributed by atoms with Gasteiger partial charge in [0.2, 0.25) is 0 Å². The normalized spacial score (nSPS) is 13.0. The molecule has 0 bridgehead atoms. The van der Waals surface area contributed by atoms with Crippen LogP contribution >= 0.6 is 0 Å². The molecule has 0 radical (unpaired) electrons. The molecule has 2 aromatic heterocycles. The number of furan rings is 2. The third-order valence-electron chi connectivity index (χ3n) is 17.4. The molecule has 1 spiro atoms. The molecule has 79 heavy (non-hydrogen) atoms. The molecule has 0 amide bonds. The van der Waals surface area contributed by atoms with Gasteiger partial charge in [0.1, 0.15) is 11.2 Å². The van der Waals surface area contributed by atoms with Gasteiger partial charge in [-0.25, -0.2) is 0 Å². The zero-order chi connectivity index (χ0) is 52.1. The van der Waals surface area contributed by atoms with Gasteiger partial charge in [0.25, 0.3) is 0 Å². The summed E-state index contributed by atoms with van der Waals surface area (Å²) in [5.74, 6) is 0. The number of nitrogens with zero attached hydrogens (tertiary/aromatic N) is 2. The first-order chi connectivity index (χ1) is 39.0. The van der Waals surface area contributed by atoms with Crippen LogP contribution in [0.15, 0.2) is 264 Å². The third-order valence-corrected chi connectivity index (χ3v) is 17.4.